The summed E-state index contributed by atoms with van der Waals surface area (Å²) in [6.07, 6.45) is 1.28. The van der Waals surface area contributed by atoms with Gasteiger partial charge in [-0.05, 0) is 48.1 Å². The summed E-state index contributed by atoms with van der Waals surface area (Å²) in [5, 5.41) is 2.93. The van der Waals surface area contributed by atoms with Crippen molar-refractivity contribution in [2.75, 3.05) is 31.6 Å². The van der Waals surface area contributed by atoms with Crippen LogP contribution in [-0.2, 0) is 11.2 Å². The van der Waals surface area contributed by atoms with E-state index in [1.807, 2.05) is 29.2 Å². The van der Waals surface area contributed by atoms with Gasteiger partial charge in [-0.25, -0.2) is 0 Å². The van der Waals surface area contributed by atoms with E-state index < -0.39 is 0 Å². The van der Waals surface area contributed by atoms with E-state index in [1.54, 1.807) is 12.1 Å². The van der Waals surface area contributed by atoms with Crippen LogP contribution in [0.5, 0.6) is 11.5 Å². The maximum Gasteiger partial charge on any atom is 0.255 e. The number of nitrogens with zero attached hydrogens (tertiary/aromatic N) is 1. The molecule has 6 nitrogen and oxygen atoms in total. The predicted octanol–water partition coefficient (Wildman–Crippen LogP) is 4.52. The molecule has 0 aliphatic carbocycles. The fourth-order valence-corrected chi connectivity index (χ4v) is 4.85. The van der Waals surface area contributed by atoms with E-state index in [2.05, 4.69) is 35.1 Å². The number of carbonyl (C=O) groups is 2. The fourth-order valence-electron chi connectivity index (χ4n) is 4.39. The van der Waals surface area contributed by atoms with Gasteiger partial charge in [0, 0.05) is 17.6 Å². The van der Waals surface area contributed by atoms with E-state index in [4.69, 9.17) is 9.47 Å². The van der Waals surface area contributed by atoms with Crippen LogP contribution in [0.25, 0.3) is 0 Å². The third-order valence-electron chi connectivity index (χ3n) is 5.65. The SMILES string of the molecule is CC1CC(C)CN(C(=O)c2ccccc2NC(=O)Cc2cc3c(cc2Br)OCCO3)C1. The number of fused-ring (bicyclic) bond motifs is 1. The van der Waals surface area contributed by atoms with Gasteiger partial charge < -0.3 is 19.7 Å². The Hall–Kier alpha value is -2.54. The Morgan fingerprint density at radius 2 is 1.71 bits per heavy atom. The van der Waals surface area contributed by atoms with Crippen molar-refractivity contribution >= 4 is 33.4 Å². The number of benzene rings is 2. The molecule has 0 saturated carbocycles. The van der Waals surface area contributed by atoms with Crippen molar-refractivity contribution in [3.8, 4) is 11.5 Å². The molecule has 0 spiro atoms. The number of nitrogens with one attached hydrogen (secondary N) is 1. The van der Waals surface area contributed by atoms with Gasteiger partial charge in [-0.2, -0.15) is 0 Å². The number of carbonyl (C=O) groups excluding carboxylic acids is 2. The first-order valence-corrected chi connectivity index (χ1v) is 11.5. The first kappa shape index (κ1) is 21.7. The van der Waals surface area contributed by atoms with Crippen molar-refractivity contribution in [3.05, 3.63) is 52.0 Å². The van der Waals surface area contributed by atoms with Gasteiger partial charge >= 0.3 is 0 Å². The van der Waals surface area contributed by atoms with Gasteiger partial charge in [-0.15, -0.1) is 0 Å². The van der Waals surface area contributed by atoms with E-state index in [9.17, 15) is 9.59 Å². The van der Waals surface area contributed by atoms with Crippen LogP contribution in [0.4, 0.5) is 5.69 Å². The number of piperidine rings is 1. The van der Waals surface area contributed by atoms with E-state index in [0.29, 0.717) is 47.8 Å². The van der Waals surface area contributed by atoms with E-state index in [1.165, 1.54) is 0 Å². The second kappa shape index (κ2) is 9.30. The molecule has 31 heavy (non-hydrogen) atoms. The Bertz CT molecular complexity index is 984. The topological polar surface area (TPSA) is 67.9 Å². The van der Waals surface area contributed by atoms with Crippen molar-refractivity contribution in [1.82, 2.24) is 4.90 Å². The first-order valence-electron chi connectivity index (χ1n) is 10.7. The summed E-state index contributed by atoms with van der Waals surface area (Å²) >= 11 is 3.51. The molecule has 2 aliphatic rings. The molecule has 7 heteroatoms. The molecule has 2 atom stereocenters. The molecule has 1 fully saturated rings. The third kappa shape index (κ3) is 5.03. The second-order valence-corrected chi connectivity index (χ2v) is 9.37. The molecule has 0 radical (unpaired) electrons. The Kier molecular flexibility index (Phi) is 6.51. The average molecular weight is 487 g/mol. The Labute approximate surface area is 191 Å². The van der Waals surface area contributed by atoms with Crippen LogP contribution >= 0.6 is 15.9 Å². The molecule has 0 bridgehead atoms. The Balaban J connectivity index is 1.49. The van der Waals surface area contributed by atoms with Crippen LogP contribution < -0.4 is 14.8 Å². The fraction of sp³-hybridized carbons (Fsp3) is 0.417. The van der Waals surface area contributed by atoms with Gasteiger partial charge in [0.15, 0.2) is 11.5 Å². The zero-order chi connectivity index (χ0) is 22.0. The highest BCUT2D eigenvalue weighted by atomic mass is 79.9. The normalized spacial score (nSPS) is 20.3. The highest BCUT2D eigenvalue weighted by Gasteiger charge is 2.27. The zero-order valence-electron chi connectivity index (χ0n) is 17.8. The van der Waals surface area contributed by atoms with Gasteiger partial charge in [0.25, 0.3) is 5.91 Å². The third-order valence-corrected chi connectivity index (χ3v) is 6.39. The Morgan fingerprint density at radius 3 is 2.42 bits per heavy atom. The van der Waals surface area contributed by atoms with Gasteiger partial charge in [-0.3, -0.25) is 9.59 Å². The quantitative estimate of drug-likeness (QED) is 0.689. The lowest BCUT2D eigenvalue weighted by Crippen LogP contribution is -2.42. The monoisotopic (exact) mass is 486 g/mol. The van der Waals surface area contributed by atoms with Crippen LogP contribution in [0.1, 0.15) is 36.2 Å². The number of amides is 2. The minimum atomic E-state index is -0.196. The molecule has 2 heterocycles. The van der Waals surface area contributed by atoms with Gasteiger partial charge in [-0.1, -0.05) is 41.9 Å². The average Bonchev–Trinajstić information content (AvgIpc) is 2.73. The minimum Gasteiger partial charge on any atom is -0.486 e. The second-order valence-electron chi connectivity index (χ2n) is 8.51. The summed E-state index contributed by atoms with van der Waals surface area (Å²) in [6, 6.07) is 10.9. The summed E-state index contributed by atoms with van der Waals surface area (Å²) in [5.74, 6) is 2.03. The highest BCUT2D eigenvalue weighted by molar-refractivity contribution is 9.10. The number of likely N-dealkylation sites (tertiary alicyclic amines) is 1. The lowest BCUT2D eigenvalue weighted by atomic mass is 9.91. The zero-order valence-corrected chi connectivity index (χ0v) is 19.4. The first-order chi connectivity index (χ1) is 14.9. The van der Waals surface area contributed by atoms with E-state index in [0.717, 1.165) is 29.5 Å². The largest absolute Gasteiger partial charge is 0.486 e. The van der Waals surface area contributed by atoms with Crippen molar-refractivity contribution in [1.29, 1.82) is 0 Å². The number of rotatable bonds is 4. The molecular formula is C24H27BrN2O4. The summed E-state index contributed by atoms with van der Waals surface area (Å²) < 4.78 is 12.0. The predicted molar refractivity (Wildman–Crippen MR) is 123 cm³/mol. The van der Waals surface area contributed by atoms with Crippen LogP contribution in [0.2, 0.25) is 0 Å². The molecule has 2 aliphatic heterocycles. The van der Waals surface area contributed by atoms with Crippen LogP contribution in [0, 0.1) is 11.8 Å². The van der Waals surface area contributed by atoms with Gasteiger partial charge in [0.1, 0.15) is 13.2 Å². The molecule has 164 valence electrons. The highest BCUT2D eigenvalue weighted by Crippen LogP contribution is 2.36. The summed E-state index contributed by atoms with van der Waals surface area (Å²) in [5.41, 5.74) is 1.86. The molecule has 2 aromatic rings. The molecule has 4 rings (SSSR count). The summed E-state index contributed by atoms with van der Waals surface area (Å²) in [6.45, 7) is 6.84. The number of ether oxygens (including phenoxy) is 2. The smallest absolute Gasteiger partial charge is 0.255 e. The van der Waals surface area contributed by atoms with Crippen LogP contribution in [0.15, 0.2) is 40.9 Å². The van der Waals surface area contributed by atoms with Crippen LogP contribution in [0.3, 0.4) is 0 Å². The van der Waals surface area contributed by atoms with Crippen molar-refractivity contribution < 1.29 is 19.1 Å². The number of halogens is 1. The molecular weight excluding hydrogens is 460 g/mol. The number of para-hydroxylation sites is 1. The Morgan fingerprint density at radius 1 is 1.06 bits per heavy atom. The van der Waals surface area contributed by atoms with Crippen molar-refractivity contribution in [3.63, 3.8) is 0 Å². The van der Waals surface area contributed by atoms with Gasteiger partial charge in [0.2, 0.25) is 5.91 Å². The maximum absolute atomic E-state index is 13.2. The van der Waals surface area contributed by atoms with E-state index >= 15 is 0 Å². The molecule has 2 amide bonds. The summed E-state index contributed by atoms with van der Waals surface area (Å²) in [7, 11) is 0. The molecule has 0 aromatic heterocycles. The number of anilines is 1. The van der Waals surface area contributed by atoms with Crippen LogP contribution in [-0.4, -0.2) is 43.0 Å². The van der Waals surface area contributed by atoms with Gasteiger partial charge in [0.05, 0.1) is 17.7 Å². The minimum absolute atomic E-state index is 0.0326. The number of hydrogen-bond donors (Lipinski definition) is 1. The molecule has 1 saturated heterocycles. The molecule has 2 aromatic carbocycles. The molecule has 2 unspecified atom stereocenters. The lowest BCUT2D eigenvalue weighted by Gasteiger charge is -2.35. The number of hydrogen-bond acceptors (Lipinski definition) is 4. The maximum atomic E-state index is 13.2. The van der Waals surface area contributed by atoms with Crippen molar-refractivity contribution in [2.24, 2.45) is 11.8 Å². The van der Waals surface area contributed by atoms with Crippen molar-refractivity contribution in [2.45, 2.75) is 26.7 Å². The lowest BCUT2D eigenvalue weighted by molar-refractivity contribution is -0.115. The van der Waals surface area contributed by atoms with E-state index in [-0.39, 0.29) is 18.2 Å². The standard InChI is InChI=1S/C24H27BrN2O4/c1-15-9-16(2)14-27(13-15)24(29)18-5-3-4-6-20(18)26-23(28)11-17-10-21-22(12-19(17)25)31-8-7-30-21/h3-6,10,12,15-16H,7-9,11,13-14H2,1-2H3,(H,26,28). The summed E-state index contributed by atoms with van der Waals surface area (Å²) in [4.78, 5) is 27.9. The molecule has 1 N–H and O–H groups in total.